The molecular formula is C16H13Cl2NO4. The lowest BCUT2D eigenvalue weighted by Crippen LogP contribution is -2.28. The summed E-state index contributed by atoms with van der Waals surface area (Å²) < 4.78 is 4.84. The summed E-state index contributed by atoms with van der Waals surface area (Å²) in [6, 6.07) is 10.9. The van der Waals surface area contributed by atoms with E-state index in [1.165, 1.54) is 12.1 Å². The number of para-hydroxylation sites is 1. The third-order valence-electron chi connectivity index (χ3n) is 2.95. The van der Waals surface area contributed by atoms with Crippen molar-refractivity contribution >= 4 is 35.1 Å². The van der Waals surface area contributed by atoms with Crippen LogP contribution >= 0.6 is 23.2 Å². The van der Waals surface area contributed by atoms with Crippen molar-refractivity contribution in [3.05, 3.63) is 63.6 Å². The molecule has 0 radical (unpaired) electrons. The number of halogens is 2. The zero-order valence-electron chi connectivity index (χ0n) is 11.9. The van der Waals surface area contributed by atoms with Crippen LogP contribution in [-0.4, -0.2) is 23.6 Å². The van der Waals surface area contributed by atoms with E-state index < -0.39 is 18.5 Å². The number of carbonyl (C=O) groups excluding carboxylic acids is 2. The highest BCUT2D eigenvalue weighted by molar-refractivity contribution is 6.35. The van der Waals surface area contributed by atoms with Gasteiger partial charge < -0.3 is 15.2 Å². The van der Waals surface area contributed by atoms with Gasteiger partial charge in [-0.25, -0.2) is 4.79 Å². The number of aromatic hydroxyl groups is 1. The average Bonchev–Trinajstić information content (AvgIpc) is 2.52. The fourth-order valence-electron chi connectivity index (χ4n) is 1.76. The van der Waals surface area contributed by atoms with Crippen LogP contribution in [0.25, 0.3) is 0 Å². The minimum atomic E-state index is -0.775. The Kier molecular flexibility index (Phi) is 5.84. The Morgan fingerprint density at radius 2 is 1.87 bits per heavy atom. The van der Waals surface area contributed by atoms with Gasteiger partial charge in [0.15, 0.2) is 6.61 Å². The van der Waals surface area contributed by atoms with Crippen LogP contribution in [0.2, 0.25) is 10.0 Å². The number of hydrogen-bond donors (Lipinski definition) is 2. The molecule has 2 aromatic carbocycles. The van der Waals surface area contributed by atoms with Gasteiger partial charge in [0.1, 0.15) is 11.3 Å². The van der Waals surface area contributed by atoms with Crippen molar-refractivity contribution in [2.75, 3.05) is 6.61 Å². The summed E-state index contributed by atoms with van der Waals surface area (Å²) in [6.07, 6.45) is 0. The second-order valence-corrected chi connectivity index (χ2v) is 5.45. The summed E-state index contributed by atoms with van der Waals surface area (Å²) in [5.74, 6) is -1.46. The first-order valence-electron chi connectivity index (χ1n) is 6.63. The molecule has 0 saturated heterocycles. The number of nitrogens with one attached hydrogen (secondary N) is 1. The highest BCUT2D eigenvalue weighted by Crippen LogP contribution is 2.20. The number of benzene rings is 2. The standard InChI is InChI=1S/C16H13Cl2NO4/c17-11-6-5-10(13(18)7-11)8-19-15(21)9-23-16(22)12-3-1-2-4-14(12)20/h1-7,20H,8-9H2,(H,19,21). The lowest BCUT2D eigenvalue weighted by Gasteiger charge is -2.08. The van der Waals surface area contributed by atoms with Gasteiger partial charge in [-0.3, -0.25) is 4.79 Å². The first-order valence-corrected chi connectivity index (χ1v) is 7.38. The lowest BCUT2D eigenvalue weighted by molar-refractivity contribution is -0.124. The van der Waals surface area contributed by atoms with Gasteiger partial charge in [0, 0.05) is 16.6 Å². The fourth-order valence-corrected chi connectivity index (χ4v) is 2.24. The van der Waals surface area contributed by atoms with Gasteiger partial charge in [-0.1, -0.05) is 41.4 Å². The maximum absolute atomic E-state index is 11.7. The molecule has 120 valence electrons. The van der Waals surface area contributed by atoms with Crippen molar-refractivity contribution in [1.29, 1.82) is 0 Å². The van der Waals surface area contributed by atoms with E-state index in [0.29, 0.717) is 15.6 Å². The van der Waals surface area contributed by atoms with Crippen LogP contribution in [0.5, 0.6) is 5.75 Å². The van der Waals surface area contributed by atoms with Crippen molar-refractivity contribution < 1.29 is 19.4 Å². The van der Waals surface area contributed by atoms with Crippen molar-refractivity contribution in [3.63, 3.8) is 0 Å². The molecule has 0 aliphatic heterocycles. The largest absolute Gasteiger partial charge is 0.507 e. The van der Waals surface area contributed by atoms with Crippen molar-refractivity contribution in [2.45, 2.75) is 6.54 Å². The summed E-state index contributed by atoms with van der Waals surface area (Å²) in [5, 5.41) is 13.0. The van der Waals surface area contributed by atoms with Crippen LogP contribution < -0.4 is 5.32 Å². The van der Waals surface area contributed by atoms with E-state index in [1.54, 1.807) is 30.3 Å². The van der Waals surface area contributed by atoms with E-state index >= 15 is 0 Å². The van der Waals surface area contributed by atoms with Crippen molar-refractivity contribution in [1.82, 2.24) is 5.32 Å². The first-order chi connectivity index (χ1) is 11.0. The van der Waals surface area contributed by atoms with Gasteiger partial charge in [0.25, 0.3) is 5.91 Å². The van der Waals surface area contributed by atoms with Crippen LogP contribution in [0.1, 0.15) is 15.9 Å². The Morgan fingerprint density at radius 3 is 2.57 bits per heavy atom. The smallest absolute Gasteiger partial charge is 0.342 e. The Labute approximate surface area is 142 Å². The van der Waals surface area contributed by atoms with Gasteiger partial charge in [-0.15, -0.1) is 0 Å². The van der Waals surface area contributed by atoms with Crippen LogP contribution in [0, 0.1) is 0 Å². The SMILES string of the molecule is O=C(COC(=O)c1ccccc1O)NCc1ccc(Cl)cc1Cl. The van der Waals surface area contributed by atoms with E-state index in [4.69, 9.17) is 27.9 Å². The van der Waals surface area contributed by atoms with Crippen molar-refractivity contribution in [2.24, 2.45) is 0 Å². The molecule has 0 fully saturated rings. The number of rotatable bonds is 5. The summed E-state index contributed by atoms with van der Waals surface area (Å²) in [7, 11) is 0. The molecule has 0 heterocycles. The molecule has 23 heavy (non-hydrogen) atoms. The molecule has 0 aromatic heterocycles. The first kappa shape index (κ1) is 17.1. The summed E-state index contributed by atoms with van der Waals surface area (Å²) >= 11 is 11.8. The number of esters is 1. The molecule has 2 aromatic rings. The summed E-state index contributed by atoms with van der Waals surface area (Å²) in [6.45, 7) is -0.276. The number of phenols is 1. The quantitative estimate of drug-likeness (QED) is 0.809. The maximum Gasteiger partial charge on any atom is 0.342 e. The van der Waals surface area contributed by atoms with Gasteiger partial charge in [-0.05, 0) is 29.8 Å². The van der Waals surface area contributed by atoms with E-state index in [-0.39, 0.29) is 17.9 Å². The van der Waals surface area contributed by atoms with E-state index in [1.807, 2.05) is 0 Å². The fraction of sp³-hybridized carbons (Fsp3) is 0.125. The zero-order chi connectivity index (χ0) is 16.8. The molecule has 2 rings (SSSR count). The molecule has 0 aliphatic carbocycles. The lowest BCUT2D eigenvalue weighted by atomic mass is 10.2. The molecule has 0 aliphatic rings. The van der Waals surface area contributed by atoms with Crippen LogP contribution in [0.3, 0.4) is 0 Å². The van der Waals surface area contributed by atoms with E-state index in [2.05, 4.69) is 5.32 Å². The number of ether oxygens (including phenoxy) is 1. The Hall–Kier alpha value is -2.24. The second-order valence-electron chi connectivity index (χ2n) is 4.61. The Balaban J connectivity index is 1.83. The molecule has 0 saturated carbocycles. The van der Waals surface area contributed by atoms with Gasteiger partial charge >= 0.3 is 5.97 Å². The molecule has 0 unspecified atom stereocenters. The van der Waals surface area contributed by atoms with Gasteiger partial charge in [0.05, 0.1) is 0 Å². The third kappa shape index (κ3) is 4.87. The average molecular weight is 354 g/mol. The number of amides is 1. The molecule has 0 bridgehead atoms. The highest BCUT2D eigenvalue weighted by atomic mass is 35.5. The molecule has 0 atom stereocenters. The molecule has 0 spiro atoms. The summed E-state index contributed by atoms with van der Waals surface area (Å²) in [5.41, 5.74) is 0.692. The molecular weight excluding hydrogens is 341 g/mol. The van der Waals surface area contributed by atoms with E-state index in [9.17, 15) is 14.7 Å². The van der Waals surface area contributed by atoms with Crippen LogP contribution in [0.4, 0.5) is 0 Å². The van der Waals surface area contributed by atoms with E-state index in [0.717, 1.165) is 0 Å². The minimum Gasteiger partial charge on any atom is -0.507 e. The van der Waals surface area contributed by atoms with Gasteiger partial charge in [0.2, 0.25) is 0 Å². The molecule has 5 nitrogen and oxygen atoms in total. The highest BCUT2D eigenvalue weighted by Gasteiger charge is 2.13. The second kappa shape index (κ2) is 7.85. The van der Waals surface area contributed by atoms with Crippen molar-refractivity contribution in [3.8, 4) is 5.75 Å². The predicted molar refractivity (Wildman–Crippen MR) is 86.7 cm³/mol. The minimum absolute atomic E-state index is 0.000968. The number of phenolic OH excluding ortho intramolecular Hbond substituents is 1. The normalized spacial score (nSPS) is 10.2. The van der Waals surface area contributed by atoms with Gasteiger partial charge in [-0.2, -0.15) is 0 Å². The monoisotopic (exact) mass is 353 g/mol. The summed E-state index contributed by atoms with van der Waals surface area (Å²) in [4.78, 5) is 23.4. The number of carbonyl (C=O) groups is 2. The third-order valence-corrected chi connectivity index (χ3v) is 3.54. The molecule has 2 N–H and O–H groups in total. The predicted octanol–water partition coefficient (Wildman–Crippen LogP) is 3.17. The topological polar surface area (TPSA) is 75.6 Å². The molecule has 1 amide bonds. The number of hydrogen-bond acceptors (Lipinski definition) is 4. The maximum atomic E-state index is 11.7. The Morgan fingerprint density at radius 1 is 1.13 bits per heavy atom. The van der Waals surface area contributed by atoms with Crippen LogP contribution in [0.15, 0.2) is 42.5 Å². The van der Waals surface area contributed by atoms with Crippen LogP contribution in [-0.2, 0) is 16.1 Å². The zero-order valence-corrected chi connectivity index (χ0v) is 13.4. The molecule has 7 heteroatoms. The Bertz CT molecular complexity index is 734.